The van der Waals surface area contributed by atoms with Crippen molar-refractivity contribution in [3.8, 4) is 0 Å². The maximum Gasteiger partial charge on any atom is 0.267 e. The van der Waals surface area contributed by atoms with E-state index in [9.17, 15) is 8.42 Å². The molecule has 112 valence electrons. The summed E-state index contributed by atoms with van der Waals surface area (Å²) in [5.74, 6) is 0.405. The van der Waals surface area contributed by atoms with E-state index in [4.69, 9.17) is 0 Å². The second-order valence-electron chi connectivity index (χ2n) is 4.35. The van der Waals surface area contributed by atoms with Crippen molar-refractivity contribution in [2.24, 2.45) is 0 Å². The quantitative estimate of drug-likeness (QED) is 0.851. The van der Waals surface area contributed by atoms with E-state index in [0.29, 0.717) is 23.9 Å². The van der Waals surface area contributed by atoms with Gasteiger partial charge in [0.25, 0.3) is 10.0 Å². The Morgan fingerprint density at radius 3 is 2.14 bits per heavy atom. The molecule has 0 saturated heterocycles. The van der Waals surface area contributed by atoms with Crippen LogP contribution in [0.25, 0.3) is 0 Å². The van der Waals surface area contributed by atoms with Gasteiger partial charge in [-0.2, -0.15) is 0 Å². The number of aromatic nitrogens is 4. The lowest BCUT2D eigenvalue weighted by atomic mass is 10.4. The molecule has 2 N–H and O–H groups in total. The van der Waals surface area contributed by atoms with E-state index in [2.05, 4.69) is 30.0 Å². The molecule has 2 heterocycles. The van der Waals surface area contributed by atoms with Crippen LogP contribution in [0, 0.1) is 13.8 Å². The van der Waals surface area contributed by atoms with Gasteiger partial charge in [-0.05, 0) is 26.8 Å². The predicted molar refractivity (Wildman–Crippen MR) is 78.5 cm³/mol. The van der Waals surface area contributed by atoms with Gasteiger partial charge in [-0.25, -0.2) is 33.1 Å². The molecular formula is C12H16N6O2S. The van der Waals surface area contributed by atoms with Crippen LogP contribution >= 0.6 is 0 Å². The molecule has 0 aliphatic heterocycles. The van der Waals surface area contributed by atoms with Gasteiger partial charge in [-0.3, -0.25) is 0 Å². The molecule has 2 aromatic heterocycles. The fourth-order valence-corrected chi connectivity index (χ4v) is 2.49. The lowest BCUT2D eigenvalue weighted by Crippen LogP contribution is -2.16. The second kappa shape index (κ2) is 6.00. The van der Waals surface area contributed by atoms with Crippen LogP contribution < -0.4 is 10.0 Å². The van der Waals surface area contributed by atoms with E-state index in [1.807, 2.05) is 6.92 Å². The van der Waals surface area contributed by atoms with Crippen molar-refractivity contribution in [2.75, 3.05) is 16.6 Å². The van der Waals surface area contributed by atoms with Gasteiger partial charge >= 0.3 is 0 Å². The summed E-state index contributed by atoms with van der Waals surface area (Å²) in [6, 6.07) is 1.76. The van der Waals surface area contributed by atoms with E-state index in [0.717, 1.165) is 0 Å². The lowest BCUT2D eigenvalue weighted by molar-refractivity contribution is 0.600. The van der Waals surface area contributed by atoms with Gasteiger partial charge in [0.1, 0.15) is 4.90 Å². The molecule has 0 radical (unpaired) electrons. The van der Waals surface area contributed by atoms with E-state index >= 15 is 0 Å². The first-order valence-electron chi connectivity index (χ1n) is 6.31. The number of aryl methyl sites for hydroxylation is 2. The van der Waals surface area contributed by atoms with Gasteiger partial charge in [0.2, 0.25) is 11.9 Å². The number of hydrogen-bond acceptors (Lipinski definition) is 7. The smallest absolute Gasteiger partial charge is 0.267 e. The fraction of sp³-hybridized carbons (Fsp3) is 0.333. The molecule has 0 unspecified atom stereocenters. The van der Waals surface area contributed by atoms with E-state index in [1.165, 1.54) is 12.4 Å². The molecule has 2 rings (SSSR count). The molecule has 8 nitrogen and oxygen atoms in total. The highest BCUT2D eigenvalue weighted by atomic mass is 32.2. The van der Waals surface area contributed by atoms with E-state index in [1.54, 1.807) is 19.9 Å². The van der Waals surface area contributed by atoms with Gasteiger partial charge in [-0.15, -0.1) is 0 Å². The van der Waals surface area contributed by atoms with Crippen LogP contribution in [0.2, 0.25) is 0 Å². The van der Waals surface area contributed by atoms with E-state index < -0.39 is 10.0 Å². The van der Waals surface area contributed by atoms with Crippen LogP contribution in [-0.2, 0) is 10.0 Å². The Kier molecular flexibility index (Phi) is 4.32. The first kappa shape index (κ1) is 15.1. The van der Waals surface area contributed by atoms with Crippen LogP contribution in [0.3, 0.4) is 0 Å². The third kappa shape index (κ3) is 3.85. The number of nitrogens with zero attached hydrogens (tertiary/aromatic N) is 4. The summed E-state index contributed by atoms with van der Waals surface area (Å²) in [7, 11) is -3.81. The Hall–Kier alpha value is -2.29. The summed E-state index contributed by atoms with van der Waals surface area (Å²) in [4.78, 5) is 15.9. The molecule has 0 saturated carbocycles. The first-order valence-corrected chi connectivity index (χ1v) is 7.80. The van der Waals surface area contributed by atoms with Crippen molar-refractivity contribution >= 4 is 21.9 Å². The summed E-state index contributed by atoms with van der Waals surface area (Å²) in [6.45, 7) is 6.08. The summed E-state index contributed by atoms with van der Waals surface area (Å²) in [5.41, 5.74) is 1.36. The minimum absolute atomic E-state index is 0.0308. The Morgan fingerprint density at radius 2 is 1.62 bits per heavy atom. The fourth-order valence-electron chi connectivity index (χ4n) is 1.66. The number of nitrogens with one attached hydrogen (secondary N) is 2. The zero-order chi connectivity index (χ0) is 15.5. The normalized spacial score (nSPS) is 11.2. The highest BCUT2D eigenvalue weighted by Gasteiger charge is 2.17. The number of hydrogen-bond donors (Lipinski definition) is 2. The number of rotatable bonds is 5. The van der Waals surface area contributed by atoms with Crippen molar-refractivity contribution in [2.45, 2.75) is 25.7 Å². The van der Waals surface area contributed by atoms with Crippen LogP contribution in [0.5, 0.6) is 0 Å². The van der Waals surface area contributed by atoms with Crippen LogP contribution in [0.1, 0.15) is 18.3 Å². The average Bonchev–Trinajstić information content (AvgIpc) is 2.38. The van der Waals surface area contributed by atoms with Crippen LogP contribution in [0.15, 0.2) is 23.4 Å². The number of sulfonamides is 1. The molecule has 21 heavy (non-hydrogen) atoms. The minimum atomic E-state index is -3.81. The molecule has 0 aliphatic rings. The zero-order valence-corrected chi connectivity index (χ0v) is 12.8. The molecule has 0 atom stereocenters. The van der Waals surface area contributed by atoms with Gasteiger partial charge < -0.3 is 5.32 Å². The molecule has 0 bridgehead atoms. The Morgan fingerprint density at radius 1 is 1.05 bits per heavy atom. The maximum atomic E-state index is 12.2. The first-order chi connectivity index (χ1) is 9.90. The maximum absolute atomic E-state index is 12.2. The minimum Gasteiger partial charge on any atom is -0.355 e. The largest absolute Gasteiger partial charge is 0.355 e. The summed E-state index contributed by atoms with van der Waals surface area (Å²) in [5, 5.41) is 2.89. The highest BCUT2D eigenvalue weighted by molar-refractivity contribution is 7.92. The predicted octanol–water partition coefficient (Wildman–Crippen LogP) is 1.12. The van der Waals surface area contributed by atoms with Gasteiger partial charge in [0.15, 0.2) is 0 Å². The monoisotopic (exact) mass is 308 g/mol. The van der Waals surface area contributed by atoms with Crippen LogP contribution in [0.4, 0.5) is 11.9 Å². The van der Waals surface area contributed by atoms with E-state index in [-0.39, 0.29) is 10.8 Å². The Bertz CT molecular complexity index is 710. The Balaban J connectivity index is 2.25. The van der Waals surface area contributed by atoms with Gasteiger partial charge in [0, 0.05) is 17.9 Å². The second-order valence-corrected chi connectivity index (χ2v) is 6.03. The molecular weight excluding hydrogens is 292 g/mol. The third-order valence-corrected chi connectivity index (χ3v) is 3.76. The summed E-state index contributed by atoms with van der Waals surface area (Å²) in [6.07, 6.45) is 2.46. The van der Waals surface area contributed by atoms with Crippen molar-refractivity contribution in [1.29, 1.82) is 0 Å². The highest BCUT2D eigenvalue weighted by Crippen LogP contribution is 2.13. The molecule has 2 aromatic rings. The zero-order valence-electron chi connectivity index (χ0n) is 12.0. The Labute approximate surface area is 123 Å². The van der Waals surface area contributed by atoms with Crippen molar-refractivity contribution in [3.05, 3.63) is 29.8 Å². The SMILES string of the molecule is CCNc1ncc(S(=O)(=O)Nc2nc(C)cc(C)n2)cn1. The van der Waals surface area contributed by atoms with Crippen LogP contribution in [-0.4, -0.2) is 34.9 Å². The summed E-state index contributed by atoms with van der Waals surface area (Å²) < 4.78 is 26.7. The molecule has 0 aliphatic carbocycles. The molecule has 0 aromatic carbocycles. The van der Waals surface area contributed by atoms with Crippen molar-refractivity contribution in [3.63, 3.8) is 0 Å². The standard InChI is InChI=1S/C12H16N6O2S/c1-4-13-11-14-6-10(7-15-11)21(19,20)18-12-16-8(2)5-9(3)17-12/h5-7H,4H2,1-3H3,(H,13,14,15)(H,16,17,18). The van der Waals surface area contributed by atoms with Crippen molar-refractivity contribution in [1.82, 2.24) is 19.9 Å². The van der Waals surface area contributed by atoms with Gasteiger partial charge in [-0.1, -0.05) is 0 Å². The molecule has 0 amide bonds. The average molecular weight is 308 g/mol. The third-order valence-electron chi connectivity index (χ3n) is 2.48. The molecule has 0 fully saturated rings. The molecule has 0 spiro atoms. The van der Waals surface area contributed by atoms with Gasteiger partial charge in [0.05, 0.1) is 12.4 Å². The topological polar surface area (TPSA) is 110 Å². The van der Waals surface area contributed by atoms with Crippen molar-refractivity contribution < 1.29 is 8.42 Å². The number of anilines is 2. The molecule has 9 heteroatoms. The summed E-state index contributed by atoms with van der Waals surface area (Å²) >= 11 is 0. The lowest BCUT2D eigenvalue weighted by Gasteiger charge is -2.08.